The number of aryl methyl sites for hydroxylation is 1. The SMILES string of the molecule is CCOc1cccc2c1ccn2CCCCC(=O)NN. The Hall–Kier alpha value is -2.01. The molecule has 2 aromatic rings. The van der Waals surface area contributed by atoms with Crippen molar-refractivity contribution in [2.75, 3.05) is 6.61 Å². The van der Waals surface area contributed by atoms with Gasteiger partial charge >= 0.3 is 0 Å². The molecule has 3 N–H and O–H groups in total. The fraction of sp³-hybridized carbons (Fsp3) is 0.400. The van der Waals surface area contributed by atoms with E-state index in [0.717, 1.165) is 30.5 Å². The Balaban J connectivity index is 2.00. The number of hydrogen-bond acceptors (Lipinski definition) is 3. The minimum Gasteiger partial charge on any atom is -0.493 e. The number of nitrogens with two attached hydrogens (primary N) is 1. The summed E-state index contributed by atoms with van der Waals surface area (Å²) in [4.78, 5) is 11.0. The number of ether oxygens (including phenoxy) is 1. The standard InChI is InChI=1S/C15H21N3O2/c1-2-20-14-7-5-6-13-12(14)9-11-18(13)10-4-3-8-15(19)17-16/h5-7,9,11H,2-4,8,10,16H2,1H3,(H,17,19). The summed E-state index contributed by atoms with van der Waals surface area (Å²) in [5.74, 6) is 5.86. The van der Waals surface area contributed by atoms with Gasteiger partial charge < -0.3 is 9.30 Å². The van der Waals surface area contributed by atoms with Crippen molar-refractivity contribution in [2.24, 2.45) is 5.84 Å². The van der Waals surface area contributed by atoms with Gasteiger partial charge in [-0.2, -0.15) is 0 Å². The molecule has 0 saturated heterocycles. The highest BCUT2D eigenvalue weighted by molar-refractivity contribution is 5.86. The molecule has 0 atom stereocenters. The third-order valence-corrected chi connectivity index (χ3v) is 3.29. The fourth-order valence-electron chi connectivity index (χ4n) is 2.31. The highest BCUT2D eigenvalue weighted by atomic mass is 16.5. The normalized spacial score (nSPS) is 10.7. The Kier molecular flexibility index (Phi) is 5.01. The average Bonchev–Trinajstić information content (AvgIpc) is 2.88. The first-order valence-electron chi connectivity index (χ1n) is 6.96. The minimum atomic E-state index is -0.110. The van der Waals surface area contributed by atoms with Crippen molar-refractivity contribution in [2.45, 2.75) is 32.7 Å². The molecule has 108 valence electrons. The second kappa shape index (κ2) is 6.96. The first kappa shape index (κ1) is 14.4. The van der Waals surface area contributed by atoms with Crippen molar-refractivity contribution in [1.82, 2.24) is 9.99 Å². The minimum absolute atomic E-state index is 0.110. The summed E-state index contributed by atoms with van der Waals surface area (Å²) in [6, 6.07) is 8.16. The van der Waals surface area contributed by atoms with Gasteiger partial charge in [0.2, 0.25) is 5.91 Å². The van der Waals surface area contributed by atoms with E-state index in [1.807, 2.05) is 19.1 Å². The van der Waals surface area contributed by atoms with E-state index >= 15 is 0 Å². The van der Waals surface area contributed by atoms with Crippen LogP contribution in [0.5, 0.6) is 5.75 Å². The second-order valence-corrected chi connectivity index (χ2v) is 4.66. The molecular weight excluding hydrogens is 254 g/mol. The molecule has 0 aliphatic heterocycles. The van der Waals surface area contributed by atoms with Gasteiger partial charge in [0.1, 0.15) is 5.75 Å². The van der Waals surface area contributed by atoms with Gasteiger partial charge in [0.25, 0.3) is 0 Å². The summed E-state index contributed by atoms with van der Waals surface area (Å²) in [6.45, 7) is 3.54. The first-order valence-corrected chi connectivity index (χ1v) is 6.96. The molecule has 1 amide bonds. The number of hydrazine groups is 1. The molecular formula is C15H21N3O2. The maximum atomic E-state index is 11.0. The molecule has 1 aromatic heterocycles. The molecule has 0 unspecified atom stereocenters. The Morgan fingerprint density at radius 2 is 2.20 bits per heavy atom. The van der Waals surface area contributed by atoms with Crippen molar-refractivity contribution in [1.29, 1.82) is 0 Å². The Morgan fingerprint density at radius 3 is 2.95 bits per heavy atom. The average molecular weight is 275 g/mol. The Bertz CT molecular complexity index is 578. The van der Waals surface area contributed by atoms with Crippen LogP contribution < -0.4 is 16.0 Å². The third kappa shape index (κ3) is 3.30. The van der Waals surface area contributed by atoms with Crippen LogP contribution in [0.15, 0.2) is 30.5 Å². The summed E-state index contributed by atoms with van der Waals surface area (Å²) >= 11 is 0. The highest BCUT2D eigenvalue weighted by Crippen LogP contribution is 2.26. The summed E-state index contributed by atoms with van der Waals surface area (Å²) in [7, 11) is 0. The number of fused-ring (bicyclic) bond motifs is 1. The van der Waals surface area contributed by atoms with E-state index in [4.69, 9.17) is 10.6 Å². The molecule has 1 aromatic carbocycles. The van der Waals surface area contributed by atoms with Crippen molar-refractivity contribution in [3.63, 3.8) is 0 Å². The van der Waals surface area contributed by atoms with E-state index < -0.39 is 0 Å². The Labute approximate surface area is 118 Å². The zero-order valence-electron chi connectivity index (χ0n) is 11.8. The molecule has 0 aliphatic rings. The summed E-state index contributed by atoms with van der Waals surface area (Å²) in [6.07, 6.45) is 4.31. The second-order valence-electron chi connectivity index (χ2n) is 4.66. The quantitative estimate of drug-likeness (QED) is 0.352. The van der Waals surface area contributed by atoms with E-state index in [1.165, 1.54) is 5.52 Å². The van der Waals surface area contributed by atoms with Crippen LogP contribution in [0, 0.1) is 0 Å². The van der Waals surface area contributed by atoms with Crippen LogP contribution in [0.2, 0.25) is 0 Å². The molecule has 5 heteroatoms. The molecule has 0 radical (unpaired) electrons. The van der Waals surface area contributed by atoms with Gasteiger partial charge in [0.05, 0.1) is 12.1 Å². The van der Waals surface area contributed by atoms with Gasteiger partial charge in [-0.1, -0.05) is 6.07 Å². The van der Waals surface area contributed by atoms with Gasteiger partial charge in [-0.3, -0.25) is 10.2 Å². The van der Waals surface area contributed by atoms with E-state index in [0.29, 0.717) is 13.0 Å². The number of benzene rings is 1. The maximum Gasteiger partial charge on any atom is 0.233 e. The lowest BCUT2D eigenvalue weighted by atomic mass is 10.2. The van der Waals surface area contributed by atoms with E-state index in [-0.39, 0.29) is 5.91 Å². The number of nitrogens with one attached hydrogen (secondary N) is 1. The zero-order chi connectivity index (χ0) is 14.4. The van der Waals surface area contributed by atoms with Crippen molar-refractivity contribution in [3.05, 3.63) is 30.5 Å². The van der Waals surface area contributed by atoms with Gasteiger partial charge in [0, 0.05) is 24.5 Å². The molecule has 2 rings (SSSR count). The monoisotopic (exact) mass is 275 g/mol. The number of hydrogen-bond donors (Lipinski definition) is 2. The summed E-state index contributed by atoms with van der Waals surface area (Å²) in [5.41, 5.74) is 3.31. The van der Waals surface area contributed by atoms with Gasteiger partial charge in [-0.15, -0.1) is 0 Å². The number of rotatable bonds is 7. The lowest BCUT2D eigenvalue weighted by Crippen LogP contribution is -2.29. The number of aromatic nitrogens is 1. The summed E-state index contributed by atoms with van der Waals surface area (Å²) < 4.78 is 7.82. The van der Waals surface area contributed by atoms with Crippen molar-refractivity contribution >= 4 is 16.8 Å². The van der Waals surface area contributed by atoms with Crippen LogP contribution in [0.1, 0.15) is 26.2 Å². The Morgan fingerprint density at radius 1 is 1.35 bits per heavy atom. The van der Waals surface area contributed by atoms with Crippen LogP contribution in [0.25, 0.3) is 10.9 Å². The summed E-state index contributed by atoms with van der Waals surface area (Å²) in [5, 5.41) is 1.13. The number of carbonyl (C=O) groups is 1. The predicted octanol–water partition coefficient (Wildman–Crippen LogP) is 2.20. The fourth-order valence-corrected chi connectivity index (χ4v) is 2.31. The lowest BCUT2D eigenvalue weighted by molar-refractivity contribution is -0.121. The van der Waals surface area contributed by atoms with Crippen molar-refractivity contribution in [3.8, 4) is 5.75 Å². The molecule has 1 heterocycles. The predicted molar refractivity (Wildman–Crippen MR) is 79.3 cm³/mol. The van der Waals surface area contributed by atoms with Crippen molar-refractivity contribution < 1.29 is 9.53 Å². The maximum absolute atomic E-state index is 11.0. The van der Waals surface area contributed by atoms with Crippen LogP contribution in [0.3, 0.4) is 0 Å². The van der Waals surface area contributed by atoms with Crippen LogP contribution in [0.4, 0.5) is 0 Å². The molecule has 0 spiro atoms. The van der Waals surface area contributed by atoms with Crippen LogP contribution in [-0.2, 0) is 11.3 Å². The first-order chi connectivity index (χ1) is 9.76. The van der Waals surface area contributed by atoms with E-state index in [9.17, 15) is 4.79 Å². The largest absolute Gasteiger partial charge is 0.493 e. The molecule has 0 fully saturated rings. The molecule has 20 heavy (non-hydrogen) atoms. The number of nitrogens with zero attached hydrogens (tertiary/aromatic N) is 1. The highest BCUT2D eigenvalue weighted by Gasteiger charge is 2.06. The van der Waals surface area contributed by atoms with Gasteiger partial charge in [0.15, 0.2) is 0 Å². The number of carbonyl (C=O) groups excluding carboxylic acids is 1. The van der Waals surface area contributed by atoms with Crippen LogP contribution >= 0.6 is 0 Å². The van der Waals surface area contributed by atoms with E-state index in [1.54, 1.807) is 0 Å². The topological polar surface area (TPSA) is 69.3 Å². The third-order valence-electron chi connectivity index (χ3n) is 3.29. The van der Waals surface area contributed by atoms with Gasteiger partial charge in [-0.25, -0.2) is 5.84 Å². The molecule has 0 saturated carbocycles. The lowest BCUT2D eigenvalue weighted by Gasteiger charge is -2.07. The molecule has 0 bridgehead atoms. The van der Waals surface area contributed by atoms with E-state index in [2.05, 4.69) is 28.3 Å². The molecule has 0 aliphatic carbocycles. The van der Waals surface area contributed by atoms with Gasteiger partial charge in [-0.05, 0) is 38.0 Å². The number of amides is 1. The smallest absolute Gasteiger partial charge is 0.233 e. The number of unbranched alkanes of at least 4 members (excludes halogenated alkanes) is 1. The zero-order valence-corrected chi connectivity index (χ0v) is 11.8. The molecule has 5 nitrogen and oxygen atoms in total. The van der Waals surface area contributed by atoms with Crippen LogP contribution in [-0.4, -0.2) is 17.1 Å².